The highest BCUT2D eigenvalue weighted by Crippen LogP contribution is 2.26. The molecule has 0 unspecified atom stereocenters. The van der Waals surface area contributed by atoms with Crippen molar-refractivity contribution in [2.75, 3.05) is 31.1 Å². The van der Waals surface area contributed by atoms with E-state index in [0.717, 1.165) is 22.6 Å². The summed E-state index contributed by atoms with van der Waals surface area (Å²) in [5.74, 6) is 0.924. The second-order valence-corrected chi connectivity index (χ2v) is 6.01. The van der Waals surface area contributed by atoms with E-state index in [0.29, 0.717) is 38.3 Å². The number of carbonyl (C=O) groups is 1. The summed E-state index contributed by atoms with van der Waals surface area (Å²) in [6, 6.07) is 5.62. The predicted molar refractivity (Wildman–Crippen MR) is 91.1 cm³/mol. The maximum absolute atomic E-state index is 12.5. The zero-order valence-corrected chi connectivity index (χ0v) is 13.9. The fraction of sp³-hybridized carbons (Fsp3) is 0.353. The first kappa shape index (κ1) is 15.5. The molecule has 3 aromatic heterocycles. The molecule has 4 rings (SSSR count). The van der Waals surface area contributed by atoms with Crippen LogP contribution in [0.3, 0.4) is 0 Å². The van der Waals surface area contributed by atoms with Gasteiger partial charge in [-0.15, -0.1) is 0 Å². The molecule has 3 aromatic rings. The minimum absolute atomic E-state index is 0.104. The topological polar surface area (TPSA) is 88.3 Å². The van der Waals surface area contributed by atoms with Gasteiger partial charge in [0, 0.05) is 38.1 Å². The molecule has 1 saturated heterocycles. The Morgan fingerprint density at radius 3 is 2.76 bits per heavy atom. The number of carbonyl (C=O) groups excluding carboxylic acids is 1. The summed E-state index contributed by atoms with van der Waals surface area (Å²) in [5, 5.41) is 4.81. The van der Waals surface area contributed by atoms with Gasteiger partial charge in [-0.1, -0.05) is 11.2 Å². The highest BCUT2D eigenvalue weighted by molar-refractivity contribution is 5.88. The first-order valence-electron chi connectivity index (χ1n) is 8.22. The third-order valence-corrected chi connectivity index (χ3v) is 4.41. The van der Waals surface area contributed by atoms with Gasteiger partial charge in [0.05, 0.1) is 12.1 Å². The molecule has 1 aliphatic heterocycles. The zero-order valence-electron chi connectivity index (χ0n) is 13.9. The van der Waals surface area contributed by atoms with Crippen molar-refractivity contribution in [1.29, 1.82) is 0 Å². The monoisotopic (exact) mass is 338 g/mol. The maximum atomic E-state index is 12.5. The van der Waals surface area contributed by atoms with Crippen LogP contribution in [-0.2, 0) is 11.2 Å². The lowest BCUT2D eigenvalue weighted by Crippen LogP contribution is -2.49. The third kappa shape index (κ3) is 3.02. The van der Waals surface area contributed by atoms with Crippen molar-refractivity contribution in [2.45, 2.75) is 13.3 Å². The lowest BCUT2D eigenvalue weighted by atomic mass is 10.2. The molecule has 0 saturated carbocycles. The third-order valence-electron chi connectivity index (χ3n) is 4.41. The fourth-order valence-electron chi connectivity index (χ4n) is 3.08. The van der Waals surface area contributed by atoms with Gasteiger partial charge in [0.2, 0.25) is 5.91 Å². The van der Waals surface area contributed by atoms with Gasteiger partial charge in [-0.2, -0.15) is 4.98 Å². The first-order chi connectivity index (χ1) is 12.2. The van der Waals surface area contributed by atoms with Crippen LogP contribution in [0.5, 0.6) is 0 Å². The van der Waals surface area contributed by atoms with Gasteiger partial charge in [-0.05, 0) is 19.1 Å². The Bertz CT molecular complexity index is 887. The lowest BCUT2D eigenvalue weighted by molar-refractivity contribution is -0.130. The molecule has 0 N–H and O–H groups in total. The summed E-state index contributed by atoms with van der Waals surface area (Å²) in [7, 11) is 0. The summed E-state index contributed by atoms with van der Waals surface area (Å²) in [6.07, 6.45) is 3.53. The number of hydrogen-bond acceptors (Lipinski definition) is 7. The van der Waals surface area contributed by atoms with Crippen LogP contribution in [-0.4, -0.2) is 57.1 Å². The van der Waals surface area contributed by atoms with Crippen LogP contribution < -0.4 is 4.90 Å². The molecule has 0 atom stereocenters. The predicted octanol–water partition coefficient (Wildman–Crippen LogP) is 1.21. The minimum Gasteiger partial charge on any atom is -0.352 e. The number of amides is 1. The van der Waals surface area contributed by atoms with Crippen molar-refractivity contribution < 1.29 is 9.32 Å². The number of piperazine rings is 1. The molecule has 128 valence electrons. The van der Waals surface area contributed by atoms with Gasteiger partial charge < -0.3 is 14.3 Å². The standard InChI is InChI=1S/C17H18N6O2/c1-12-15-16(19-11-20-17(15)25-21-12)23-8-6-22(7-9-23)14(24)10-13-4-2-3-5-18-13/h2-5,11H,6-10H2,1H3. The fourth-order valence-corrected chi connectivity index (χ4v) is 3.08. The van der Waals surface area contributed by atoms with Crippen molar-refractivity contribution in [2.24, 2.45) is 0 Å². The molecule has 25 heavy (non-hydrogen) atoms. The Hall–Kier alpha value is -3.03. The van der Waals surface area contributed by atoms with E-state index in [1.54, 1.807) is 6.20 Å². The molecule has 0 spiro atoms. The molecule has 0 aromatic carbocycles. The van der Waals surface area contributed by atoms with E-state index >= 15 is 0 Å². The molecule has 1 amide bonds. The van der Waals surface area contributed by atoms with Crippen LogP contribution in [0.15, 0.2) is 35.2 Å². The van der Waals surface area contributed by atoms with E-state index < -0.39 is 0 Å². The van der Waals surface area contributed by atoms with E-state index in [1.165, 1.54) is 6.33 Å². The van der Waals surface area contributed by atoms with Gasteiger partial charge in [0.25, 0.3) is 5.71 Å². The van der Waals surface area contributed by atoms with Crippen LogP contribution >= 0.6 is 0 Å². The Morgan fingerprint density at radius 1 is 1.16 bits per heavy atom. The lowest BCUT2D eigenvalue weighted by Gasteiger charge is -2.35. The SMILES string of the molecule is Cc1noc2ncnc(N3CCN(C(=O)Cc4ccccn4)CC3)c12. The van der Waals surface area contributed by atoms with Crippen molar-refractivity contribution in [1.82, 2.24) is 25.0 Å². The van der Waals surface area contributed by atoms with Gasteiger partial charge in [-0.3, -0.25) is 9.78 Å². The van der Waals surface area contributed by atoms with Crippen LogP contribution in [0.25, 0.3) is 11.1 Å². The average molecular weight is 338 g/mol. The second kappa shape index (κ2) is 6.46. The van der Waals surface area contributed by atoms with Crippen molar-refractivity contribution in [3.63, 3.8) is 0 Å². The van der Waals surface area contributed by atoms with Gasteiger partial charge in [0.15, 0.2) is 0 Å². The summed E-state index contributed by atoms with van der Waals surface area (Å²) >= 11 is 0. The van der Waals surface area contributed by atoms with E-state index in [1.807, 2.05) is 30.0 Å². The van der Waals surface area contributed by atoms with Gasteiger partial charge in [-0.25, -0.2) is 4.98 Å². The second-order valence-electron chi connectivity index (χ2n) is 6.01. The molecule has 4 heterocycles. The number of aromatic nitrogens is 4. The summed E-state index contributed by atoms with van der Waals surface area (Å²) in [6.45, 7) is 4.61. The highest BCUT2D eigenvalue weighted by atomic mass is 16.5. The van der Waals surface area contributed by atoms with E-state index in [9.17, 15) is 4.79 Å². The molecular formula is C17H18N6O2. The number of aryl methyl sites for hydroxylation is 1. The zero-order chi connectivity index (χ0) is 17.2. The number of pyridine rings is 1. The molecule has 0 radical (unpaired) electrons. The highest BCUT2D eigenvalue weighted by Gasteiger charge is 2.25. The maximum Gasteiger partial charge on any atom is 0.263 e. The number of rotatable bonds is 3. The molecule has 8 nitrogen and oxygen atoms in total. The summed E-state index contributed by atoms with van der Waals surface area (Å²) in [4.78, 5) is 29.2. The minimum atomic E-state index is 0.104. The Kier molecular flexibility index (Phi) is 4.01. The largest absolute Gasteiger partial charge is 0.352 e. The van der Waals surface area contributed by atoms with E-state index in [2.05, 4.69) is 25.0 Å². The molecular weight excluding hydrogens is 320 g/mol. The summed E-state index contributed by atoms with van der Waals surface area (Å²) < 4.78 is 5.21. The Morgan fingerprint density at radius 2 is 2.00 bits per heavy atom. The number of fused-ring (bicyclic) bond motifs is 1. The van der Waals surface area contributed by atoms with Crippen molar-refractivity contribution >= 4 is 22.8 Å². The van der Waals surface area contributed by atoms with Crippen LogP contribution in [0, 0.1) is 6.92 Å². The average Bonchev–Trinajstić information content (AvgIpc) is 3.04. The van der Waals surface area contributed by atoms with Crippen molar-refractivity contribution in [3.05, 3.63) is 42.1 Å². The normalized spacial score (nSPS) is 14.9. The number of anilines is 1. The molecule has 0 bridgehead atoms. The van der Waals surface area contributed by atoms with Crippen LogP contribution in [0.2, 0.25) is 0 Å². The van der Waals surface area contributed by atoms with Gasteiger partial charge >= 0.3 is 0 Å². The van der Waals surface area contributed by atoms with Gasteiger partial charge in [0.1, 0.15) is 17.5 Å². The van der Waals surface area contributed by atoms with Crippen molar-refractivity contribution in [3.8, 4) is 0 Å². The number of nitrogens with zero attached hydrogens (tertiary/aromatic N) is 6. The van der Waals surface area contributed by atoms with Crippen LogP contribution in [0.4, 0.5) is 5.82 Å². The van der Waals surface area contributed by atoms with Crippen LogP contribution in [0.1, 0.15) is 11.4 Å². The smallest absolute Gasteiger partial charge is 0.263 e. The Balaban J connectivity index is 1.44. The number of hydrogen-bond donors (Lipinski definition) is 0. The Labute approximate surface area is 144 Å². The quantitative estimate of drug-likeness (QED) is 0.709. The van der Waals surface area contributed by atoms with E-state index in [4.69, 9.17) is 4.52 Å². The molecule has 1 fully saturated rings. The molecule has 8 heteroatoms. The first-order valence-corrected chi connectivity index (χ1v) is 8.22. The molecule has 0 aliphatic carbocycles. The van der Waals surface area contributed by atoms with E-state index in [-0.39, 0.29) is 5.91 Å². The summed E-state index contributed by atoms with van der Waals surface area (Å²) in [5.41, 5.74) is 2.07. The molecule has 1 aliphatic rings.